The monoisotopic (exact) mass is 466 g/mol. The van der Waals surface area contributed by atoms with Gasteiger partial charge in [0.05, 0.1) is 79.3 Å². The van der Waals surface area contributed by atoms with E-state index >= 15 is 0 Å². The van der Waals surface area contributed by atoms with Gasteiger partial charge >= 0.3 is 0 Å². The maximum atomic E-state index is 5.71. The van der Waals surface area contributed by atoms with Crippen LogP contribution in [-0.4, -0.2) is 94.2 Å². The number of rotatable bonds is 26. The Morgan fingerprint density at radius 1 is 0.387 bits per heavy atom. The lowest BCUT2D eigenvalue weighted by atomic mass is 10.1. The van der Waals surface area contributed by atoms with Crippen molar-refractivity contribution in [2.75, 3.05) is 85.9 Å². The van der Waals surface area contributed by atoms with E-state index in [2.05, 4.69) is 26.6 Å². The molecule has 0 radical (unpaired) electrons. The van der Waals surface area contributed by atoms with Crippen molar-refractivity contribution in [1.82, 2.24) is 0 Å². The van der Waals surface area contributed by atoms with E-state index in [4.69, 9.17) is 32.8 Å². The summed E-state index contributed by atoms with van der Waals surface area (Å²) in [5, 5.41) is 0. The van der Waals surface area contributed by atoms with Crippen molar-refractivity contribution in [1.29, 1.82) is 0 Å². The third-order valence-electron chi connectivity index (χ3n) is 4.27. The van der Waals surface area contributed by atoms with E-state index in [1.807, 2.05) is 0 Å². The first-order chi connectivity index (χ1) is 15.1. The Morgan fingerprint density at radius 3 is 1.10 bits per heavy atom. The molecule has 0 saturated carbocycles. The van der Waals surface area contributed by atoms with Crippen LogP contribution in [-0.2, 0) is 32.8 Å². The van der Waals surface area contributed by atoms with Gasteiger partial charge < -0.3 is 32.8 Å². The minimum absolute atomic E-state index is 0.564. The molecule has 7 nitrogen and oxygen atoms in total. The molecule has 0 N–H and O–H groups in total. The summed E-state index contributed by atoms with van der Waals surface area (Å²) in [6.45, 7) is 16.8. The van der Waals surface area contributed by atoms with E-state index in [1.54, 1.807) is 0 Å². The van der Waals surface area contributed by atoms with Crippen LogP contribution in [0.2, 0.25) is 19.6 Å². The minimum Gasteiger partial charge on any atom is -0.415 e. The molecular weight excluding hydrogens is 416 g/mol. The van der Waals surface area contributed by atoms with Gasteiger partial charge in [-0.25, -0.2) is 0 Å². The van der Waals surface area contributed by atoms with E-state index in [1.165, 1.54) is 32.1 Å². The molecule has 0 aromatic heterocycles. The maximum absolute atomic E-state index is 5.71. The molecule has 0 amide bonds. The Hall–Kier alpha value is -0.0631. The second-order valence-electron chi connectivity index (χ2n) is 8.40. The van der Waals surface area contributed by atoms with Crippen molar-refractivity contribution in [3.63, 3.8) is 0 Å². The van der Waals surface area contributed by atoms with E-state index in [9.17, 15) is 0 Å². The van der Waals surface area contributed by atoms with Crippen LogP contribution in [0.25, 0.3) is 0 Å². The zero-order chi connectivity index (χ0) is 22.9. The largest absolute Gasteiger partial charge is 0.415 e. The van der Waals surface area contributed by atoms with Gasteiger partial charge in [-0.1, -0.05) is 39.0 Å². The molecule has 0 aliphatic rings. The van der Waals surface area contributed by atoms with Gasteiger partial charge in [-0.15, -0.1) is 0 Å². The van der Waals surface area contributed by atoms with Gasteiger partial charge in [0.25, 0.3) is 0 Å². The molecule has 0 saturated heterocycles. The molecule has 188 valence electrons. The standard InChI is InChI=1S/C23H50O7Si/c1-5-6-7-8-9-10-11-24-12-13-25-14-15-26-16-17-27-18-19-28-20-21-29-22-23-30-31(2,3)4/h5-23H2,1-4H3. The Kier molecular flexibility index (Phi) is 24.5. The molecule has 8 heteroatoms. The number of hydrogen-bond acceptors (Lipinski definition) is 7. The Bertz CT molecular complexity index is 340. The van der Waals surface area contributed by atoms with E-state index < -0.39 is 8.32 Å². The van der Waals surface area contributed by atoms with Gasteiger partial charge in [0, 0.05) is 6.61 Å². The van der Waals surface area contributed by atoms with Crippen molar-refractivity contribution in [3.8, 4) is 0 Å². The molecule has 0 spiro atoms. The summed E-state index contributed by atoms with van der Waals surface area (Å²) in [6, 6.07) is 0. The molecule has 0 unspecified atom stereocenters. The highest BCUT2D eigenvalue weighted by atomic mass is 28.4. The molecule has 0 aromatic rings. The van der Waals surface area contributed by atoms with Crippen LogP contribution in [0.15, 0.2) is 0 Å². The highest BCUT2D eigenvalue weighted by Crippen LogP contribution is 2.04. The topological polar surface area (TPSA) is 64.6 Å². The summed E-state index contributed by atoms with van der Waals surface area (Å²) < 4.78 is 38.6. The van der Waals surface area contributed by atoms with Gasteiger partial charge in [0.2, 0.25) is 0 Å². The van der Waals surface area contributed by atoms with Crippen molar-refractivity contribution in [2.45, 2.75) is 65.1 Å². The smallest absolute Gasteiger partial charge is 0.183 e. The van der Waals surface area contributed by atoms with E-state index in [-0.39, 0.29) is 0 Å². The average Bonchev–Trinajstić information content (AvgIpc) is 2.73. The molecule has 0 rings (SSSR count). The Labute approximate surface area is 192 Å². The Balaban J connectivity index is 3.02. The van der Waals surface area contributed by atoms with Gasteiger partial charge in [-0.3, -0.25) is 0 Å². The summed E-state index contributed by atoms with van der Waals surface area (Å²) >= 11 is 0. The second kappa shape index (κ2) is 24.6. The first kappa shape index (κ1) is 30.9. The van der Waals surface area contributed by atoms with Crippen molar-refractivity contribution < 1.29 is 32.8 Å². The molecule has 0 aromatic carbocycles. The highest BCUT2D eigenvalue weighted by molar-refractivity contribution is 6.69. The van der Waals surface area contributed by atoms with Gasteiger partial charge in [0.1, 0.15) is 0 Å². The zero-order valence-corrected chi connectivity index (χ0v) is 21.8. The van der Waals surface area contributed by atoms with Crippen molar-refractivity contribution in [2.24, 2.45) is 0 Å². The van der Waals surface area contributed by atoms with Crippen LogP contribution in [0.3, 0.4) is 0 Å². The van der Waals surface area contributed by atoms with Crippen LogP contribution in [0.1, 0.15) is 45.4 Å². The fourth-order valence-electron chi connectivity index (χ4n) is 2.59. The third-order valence-corrected chi connectivity index (χ3v) is 5.34. The zero-order valence-electron chi connectivity index (χ0n) is 20.8. The van der Waals surface area contributed by atoms with Crippen LogP contribution >= 0.6 is 0 Å². The van der Waals surface area contributed by atoms with Gasteiger partial charge in [-0.05, 0) is 26.1 Å². The van der Waals surface area contributed by atoms with Crippen LogP contribution in [0.5, 0.6) is 0 Å². The molecule has 0 atom stereocenters. The summed E-state index contributed by atoms with van der Waals surface area (Å²) in [6.07, 6.45) is 7.75. The summed E-state index contributed by atoms with van der Waals surface area (Å²) in [5.74, 6) is 0. The van der Waals surface area contributed by atoms with Gasteiger partial charge in [-0.2, -0.15) is 0 Å². The number of ether oxygens (including phenoxy) is 6. The van der Waals surface area contributed by atoms with Crippen LogP contribution in [0, 0.1) is 0 Å². The predicted molar refractivity (Wildman–Crippen MR) is 128 cm³/mol. The first-order valence-corrected chi connectivity index (χ1v) is 15.6. The van der Waals surface area contributed by atoms with Crippen LogP contribution < -0.4 is 0 Å². The normalized spacial score (nSPS) is 12.0. The second-order valence-corrected chi connectivity index (χ2v) is 12.9. The van der Waals surface area contributed by atoms with Crippen molar-refractivity contribution in [3.05, 3.63) is 0 Å². The lowest BCUT2D eigenvalue weighted by molar-refractivity contribution is -0.0180. The summed E-state index contributed by atoms with van der Waals surface area (Å²) in [4.78, 5) is 0. The van der Waals surface area contributed by atoms with Crippen LogP contribution in [0.4, 0.5) is 0 Å². The average molecular weight is 467 g/mol. The molecule has 0 fully saturated rings. The summed E-state index contributed by atoms with van der Waals surface area (Å²) in [7, 11) is -1.43. The van der Waals surface area contributed by atoms with E-state index in [0.29, 0.717) is 79.3 Å². The number of unbranched alkanes of at least 4 members (excludes halogenated alkanes) is 5. The molecule has 31 heavy (non-hydrogen) atoms. The Morgan fingerprint density at radius 2 is 0.710 bits per heavy atom. The molecule has 0 aliphatic carbocycles. The predicted octanol–water partition coefficient (Wildman–Crippen LogP) is 4.30. The highest BCUT2D eigenvalue weighted by Gasteiger charge is 2.12. The molecular formula is C23H50O7Si. The fourth-order valence-corrected chi connectivity index (χ4v) is 3.29. The maximum Gasteiger partial charge on any atom is 0.183 e. The van der Waals surface area contributed by atoms with Gasteiger partial charge in [0.15, 0.2) is 8.32 Å². The molecule has 0 heterocycles. The minimum atomic E-state index is -1.43. The van der Waals surface area contributed by atoms with E-state index in [0.717, 1.165) is 13.0 Å². The first-order valence-electron chi connectivity index (χ1n) is 12.2. The van der Waals surface area contributed by atoms with Crippen molar-refractivity contribution >= 4 is 8.32 Å². The lowest BCUT2D eigenvalue weighted by Crippen LogP contribution is -2.27. The fraction of sp³-hybridized carbons (Fsp3) is 1.00. The molecule has 0 bridgehead atoms. The summed E-state index contributed by atoms with van der Waals surface area (Å²) in [5.41, 5.74) is 0. The molecule has 0 aliphatic heterocycles. The lowest BCUT2D eigenvalue weighted by Gasteiger charge is -2.16. The third kappa shape index (κ3) is 29.9. The quantitative estimate of drug-likeness (QED) is 0.139. The number of hydrogen-bond donors (Lipinski definition) is 0. The SMILES string of the molecule is CCCCCCCCOCCOCCOCCOCCOCCOCCO[Si](C)(C)C.